The van der Waals surface area contributed by atoms with Gasteiger partial charge in [0.05, 0.1) is 17.9 Å². The Labute approximate surface area is 161 Å². The summed E-state index contributed by atoms with van der Waals surface area (Å²) in [6.45, 7) is 1.85. The maximum atomic E-state index is 14.0. The lowest BCUT2D eigenvalue weighted by Gasteiger charge is -2.20. The SMILES string of the molecule is CN1C[C@H]2[C@@H](Oc3cc(F)cc(NC(=O)Nc4cccnc4)c3)CCN2S1. The Morgan fingerprint density at radius 3 is 3.00 bits per heavy atom. The molecule has 7 nitrogen and oxygen atoms in total. The minimum Gasteiger partial charge on any atom is -0.488 e. The summed E-state index contributed by atoms with van der Waals surface area (Å²) < 4.78 is 24.5. The van der Waals surface area contributed by atoms with E-state index in [-0.39, 0.29) is 12.1 Å². The van der Waals surface area contributed by atoms with E-state index in [1.807, 2.05) is 7.05 Å². The number of rotatable bonds is 4. The lowest BCUT2D eigenvalue weighted by Crippen LogP contribution is -2.34. The third-order valence-electron chi connectivity index (χ3n) is 4.46. The highest BCUT2D eigenvalue weighted by Gasteiger charge is 2.42. The van der Waals surface area contributed by atoms with Crippen molar-refractivity contribution in [3.63, 3.8) is 0 Å². The highest BCUT2D eigenvalue weighted by molar-refractivity contribution is 7.94. The van der Waals surface area contributed by atoms with Gasteiger partial charge in [-0.25, -0.2) is 17.8 Å². The first-order valence-corrected chi connectivity index (χ1v) is 9.41. The van der Waals surface area contributed by atoms with E-state index in [0.717, 1.165) is 19.5 Å². The molecule has 2 N–H and O–H groups in total. The fourth-order valence-electron chi connectivity index (χ4n) is 3.33. The smallest absolute Gasteiger partial charge is 0.323 e. The van der Waals surface area contributed by atoms with Gasteiger partial charge in [0.1, 0.15) is 17.7 Å². The summed E-state index contributed by atoms with van der Waals surface area (Å²) in [5.74, 6) is -0.0463. The molecule has 0 bridgehead atoms. The Kier molecular flexibility index (Phi) is 5.15. The van der Waals surface area contributed by atoms with Gasteiger partial charge in [-0.2, -0.15) is 0 Å². The standard InChI is InChI=1S/C18H20FN5O2S/c1-23-11-16-17(4-6-24(16)27-23)26-15-8-12(19)7-14(9-15)22-18(25)21-13-3-2-5-20-10-13/h2-3,5,7-10,16-17H,4,6,11H2,1H3,(H2,21,22,25)/t16-,17-/m0/s1. The van der Waals surface area contributed by atoms with Crippen LogP contribution < -0.4 is 15.4 Å². The van der Waals surface area contributed by atoms with Crippen molar-refractivity contribution >= 4 is 29.5 Å². The number of hydrogen-bond acceptors (Lipinski definition) is 6. The summed E-state index contributed by atoms with van der Waals surface area (Å²) in [5.41, 5.74) is 0.885. The molecular weight excluding hydrogens is 369 g/mol. The van der Waals surface area contributed by atoms with Gasteiger partial charge in [0.25, 0.3) is 0 Å². The normalized spacial score (nSPS) is 22.4. The summed E-state index contributed by atoms with van der Waals surface area (Å²) in [6, 6.07) is 7.49. The molecule has 9 heteroatoms. The Bertz CT molecular complexity index is 825. The van der Waals surface area contributed by atoms with E-state index >= 15 is 0 Å². The quantitative estimate of drug-likeness (QED) is 0.783. The number of anilines is 2. The highest BCUT2D eigenvalue weighted by Crippen LogP contribution is 2.36. The number of carbonyl (C=O) groups excluding carboxylic acids is 1. The fraction of sp³-hybridized carbons (Fsp3) is 0.333. The van der Waals surface area contributed by atoms with Crippen LogP contribution in [-0.2, 0) is 0 Å². The maximum absolute atomic E-state index is 14.0. The Balaban J connectivity index is 1.41. The third kappa shape index (κ3) is 4.32. The number of pyridine rings is 1. The van der Waals surface area contributed by atoms with Crippen LogP contribution in [0.1, 0.15) is 6.42 Å². The summed E-state index contributed by atoms with van der Waals surface area (Å²) in [4.78, 5) is 16.0. The number of hydrogen-bond donors (Lipinski definition) is 2. The van der Waals surface area contributed by atoms with Crippen molar-refractivity contribution < 1.29 is 13.9 Å². The molecule has 1 aromatic heterocycles. The molecule has 0 saturated carbocycles. The third-order valence-corrected chi connectivity index (χ3v) is 5.55. The summed E-state index contributed by atoms with van der Waals surface area (Å²) in [7, 11) is 2.05. The van der Waals surface area contributed by atoms with Crippen LogP contribution in [0.2, 0.25) is 0 Å². The fourth-order valence-corrected chi connectivity index (χ4v) is 4.42. The second-order valence-electron chi connectivity index (χ2n) is 6.54. The van der Waals surface area contributed by atoms with Crippen LogP contribution >= 0.6 is 12.1 Å². The topological polar surface area (TPSA) is 69.7 Å². The van der Waals surface area contributed by atoms with Crippen LogP contribution in [0.25, 0.3) is 0 Å². The van der Waals surface area contributed by atoms with Gasteiger partial charge in [0.15, 0.2) is 0 Å². The van der Waals surface area contributed by atoms with E-state index < -0.39 is 11.8 Å². The number of nitrogens with one attached hydrogen (secondary N) is 2. The molecule has 0 radical (unpaired) electrons. The highest BCUT2D eigenvalue weighted by atomic mass is 32.2. The van der Waals surface area contributed by atoms with Gasteiger partial charge < -0.3 is 15.4 Å². The van der Waals surface area contributed by atoms with Gasteiger partial charge in [0, 0.05) is 49.2 Å². The minimum absolute atomic E-state index is 0.00122. The zero-order valence-electron chi connectivity index (χ0n) is 14.8. The molecule has 2 aliphatic rings. The first kappa shape index (κ1) is 18.0. The van der Waals surface area contributed by atoms with Crippen LogP contribution in [0.3, 0.4) is 0 Å². The number of carbonyl (C=O) groups is 1. The molecule has 1 aromatic carbocycles. The average Bonchev–Trinajstić information content (AvgIpc) is 3.15. The van der Waals surface area contributed by atoms with Gasteiger partial charge >= 0.3 is 6.03 Å². The van der Waals surface area contributed by atoms with Crippen molar-refractivity contribution in [2.75, 3.05) is 30.8 Å². The van der Waals surface area contributed by atoms with Gasteiger partial charge in [0.2, 0.25) is 0 Å². The predicted molar refractivity (Wildman–Crippen MR) is 103 cm³/mol. The number of amides is 2. The van der Waals surface area contributed by atoms with E-state index in [2.05, 4.69) is 24.2 Å². The minimum atomic E-state index is -0.472. The number of aromatic nitrogens is 1. The molecule has 0 aliphatic carbocycles. The van der Waals surface area contributed by atoms with Crippen LogP contribution in [0.5, 0.6) is 5.75 Å². The largest absolute Gasteiger partial charge is 0.488 e. The van der Waals surface area contributed by atoms with Crippen molar-refractivity contribution in [1.29, 1.82) is 0 Å². The van der Waals surface area contributed by atoms with Crippen molar-refractivity contribution in [2.24, 2.45) is 0 Å². The van der Waals surface area contributed by atoms with Crippen molar-refractivity contribution in [3.8, 4) is 5.75 Å². The molecule has 0 unspecified atom stereocenters. The molecule has 27 heavy (non-hydrogen) atoms. The van der Waals surface area contributed by atoms with Crippen LogP contribution in [0.15, 0.2) is 42.7 Å². The number of urea groups is 1. The van der Waals surface area contributed by atoms with Crippen LogP contribution in [-0.4, -0.2) is 51.9 Å². The first-order chi connectivity index (χ1) is 13.1. The monoisotopic (exact) mass is 389 g/mol. The maximum Gasteiger partial charge on any atom is 0.323 e. The predicted octanol–water partition coefficient (Wildman–Crippen LogP) is 3.20. The van der Waals surface area contributed by atoms with E-state index in [9.17, 15) is 9.18 Å². The zero-order chi connectivity index (χ0) is 18.8. The van der Waals surface area contributed by atoms with Crippen LogP contribution in [0, 0.1) is 5.82 Å². The molecule has 3 heterocycles. The van der Waals surface area contributed by atoms with Crippen LogP contribution in [0.4, 0.5) is 20.6 Å². The molecular formula is C18H20FN5O2S. The summed E-state index contributed by atoms with van der Waals surface area (Å²) >= 11 is 1.71. The van der Waals surface area contributed by atoms with E-state index in [1.54, 1.807) is 36.5 Å². The number of nitrogens with zero attached hydrogens (tertiary/aromatic N) is 3. The Morgan fingerprint density at radius 1 is 1.33 bits per heavy atom. The molecule has 2 fully saturated rings. The van der Waals surface area contributed by atoms with Gasteiger partial charge in [-0.05, 0) is 31.7 Å². The molecule has 2 saturated heterocycles. The molecule has 2 aromatic rings. The average molecular weight is 389 g/mol. The number of benzene rings is 1. The van der Waals surface area contributed by atoms with Gasteiger partial charge in [-0.15, -0.1) is 0 Å². The number of likely N-dealkylation sites (N-methyl/N-ethyl adjacent to an activating group) is 1. The second kappa shape index (κ2) is 7.71. The summed E-state index contributed by atoms with van der Waals surface area (Å²) in [5, 5.41) is 5.28. The van der Waals surface area contributed by atoms with Crippen molar-refractivity contribution in [1.82, 2.24) is 13.6 Å². The number of halogens is 1. The lowest BCUT2D eigenvalue weighted by molar-refractivity contribution is 0.169. The molecule has 142 valence electrons. The van der Waals surface area contributed by atoms with E-state index in [0.29, 0.717) is 17.1 Å². The van der Waals surface area contributed by atoms with E-state index in [4.69, 9.17) is 4.74 Å². The second-order valence-corrected chi connectivity index (χ2v) is 7.80. The molecule has 4 rings (SSSR count). The van der Waals surface area contributed by atoms with E-state index in [1.165, 1.54) is 18.3 Å². The van der Waals surface area contributed by atoms with Crippen molar-refractivity contribution in [3.05, 3.63) is 48.5 Å². The lowest BCUT2D eigenvalue weighted by atomic mass is 10.1. The number of fused-ring (bicyclic) bond motifs is 1. The van der Waals surface area contributed by atoms with Gasteiger partial charge in [-0.1, -0.05) is 0 Å². The Morgan fingerprint density at radius 2 is 2.19 bits per heavy atom. The molecule has 0 spiro atoms. The first-order valence-electron chi connectivity index (χ1n) is 8.68. The summed E-state index contributed by atoms with van der Waals surface area (Å²) in [6.07, 6.45) is 4.04. The molecule has 2 aliphatic heterocycles. The number of ether oxygens (including phenoxy) is 1. The Hall–Kier alpha value is -2.36. The molecule has 2 atom stereocenters. The molecule has 2 amide bonds. The van der Waals surface area contributed by atoms with Crippen molar-refractivity contribution in [2.45, 2.75) is 18.6 Å². The zero-order valence-corrected chi connectivity index (χ0v) is 15.6. The van der Waals surface area contributed by atoms with Gasteiger partial charge in [-0.3, -0.25) is 4.98 Å².